The zero-order chi connectivity index (χ0) is 9.68. The van der Waals surface area contributed by atoms with Gasteiger partial charge in [0.05, 0.1) is 12.1 Å². The van der Waals surface area contributed by atoms with Gasteiger partial charge in [-0.15, -0.1) is 0 Å². The summed E-state index contributed by atoms with van der Waals surface area (Å²) in [5, 5.41) is 11.3. The molecule has 0 aliphatic heterocycles. The number of benzene rings is 1. The van der Waals surface area contributed by atoms with E-state index in [-0.39, 0.29) is 12.2 Å². The molecule has 0 aromatic heterocycles. The van der Waals surface area contributed by atoms with Gasteiger partial charge in [-0.2, -0.15) is 0 Å². The number of nitrogens with zero attached hydrogens (tertiary/aromatic N) is 1. The molecule has 0 unspecified atom stereocenters. The predicted octanol–water partition coefficient (Wildman–Crippen LogP) is 2.11. The average molecular weight is 177 g/mol. The van der Waals surface area contributed by atoms with Crippen molar-refractivity contribution < 1.29 is 10.0 Å². The lowest BCUT2D eigenvalue weighted by Crippen LogP contribution is -2.04. The van der Waals surface area contributed by atoms with Gasteiger partial charge < -0.3 is 5.21 Å². The standard InChI is InChI=1S/C10H11NO2/c1-8(11-13)7-10(12)9-5-3-2-4-6-9/h2-6,13H,7H2,1H3/b11-8+. The van der Waals surface area contributed by atoms with Crippen LogP contribution in [0.4, 0.5) is 0 Å². The van der Waals surface area contributed by atoms with E-state index in [1.165, 1.54) is 0 Å². The Labute approximate surface area is 76.7 Å². The number of hydrogen-bond acceptors (Lipinski definition) is 3. The molecule has 0 saturated heterocycles. The highest BCUT2D eigenvalue weighted by Crippen LogP contribution is 2.03. The monoisotopic (exact) mass is 177 g/mol. The minimum atomic E-state index is -0.0316. The molecule has 3 nitrogen and oxygen atoms in total. The summed E-state index contributed by atoms with van der Waals surface area (Å²) in [5.41, 5.74) is 1.07. The van der Waals surface area contributed by atoms with E-state index in [0.717, 1.165) is 0 Å². The molecule has 0 bridgehead atoms. The van der Waals surface area contributed by atoms with Gasteiger partial charge in [-0.05, 0) is 6.92 Å². The molecular weight excluding hydrogens is 166 g/mol. The van der Waals surface area contributed by atoms with Crippen LogP contribution in [-0.2, 0) is 0 Å². The van der Waals surface area contributed by atoms with Crippen molar-refractivity contribution in [3.63, 3.8) is 0 Å². The van der Waals surface area contributed by atoms with Gasteiger partial charge in [-0.25, -0.2) is 0 Å². The Morgan fingerprint density at radius 3 is 2.54 bits per heavy atom. The molecule has 0 spiro atoms. The largest absolute Gasteiger partial charge is 0.411 e. The first-order chi connectivity index (χ1) is 6.24. The highest BCUT2D eigenvalue weighted by Gasteiger charge is 2.06. The third kappa shape index (κ3) is 2.71. The summed E-state index contributed by atoms with van der Waals surface area (Å²) >= 11 is 0. The maximum Gasteiger partial charge on any atom is 0.168 e. The molecule has 0 amide bonds. The third-order valence-electron chi connectivity index (χ3n) is 1.68. The number of hydrogen-bond donors (Lipinski definition) is 1. The number of rotatable bonds is 3. The second-order valence-electron chi connectivity index (χ2n) is 2.80. The van der Waals surface area contributed by atoms with Crippen molar-refractivity contribution in [3.05, 3.63) is 35.9 Å². The van der Waals surface area contributed by atoms with Crippen LogP contribution in [0, 0.1) is 0 Å². The molecule has 0 aliphatic carbocycles. The van der Waals surface area contributed by atoms with Crippen LogP contribution in [0.25, 0.3) is 0 Å². The Bertz CT molecular complexity index is 317. The van der Waals surface area contributed by atoms with Crippen molar-refractivity contribution in [2.75, 3.05) is 0 Å². The molecule has 0 heterocycles. The minimum Gasteiger partial charge on any atom is -0.411 e. The van der Waals surface area contributed by atoms with Crippen LogP contribution in [0.5, 0.6) is 0 Å². The molecule has 0 saturated carbocycles. The third-order valence-corrected chi connectivity index (χ3v) is 1.68. The van der Waals surface area contributed by atoms with E-state index >= 15 is 0 Å². The van der Waals surface area contributed by atoms with Crippen LogP contribution in [-0.4, -0.2) is 16.7 Å². The maximum absolute atomic E-state index is 11.4. The normalized spacial score (nSPS) is 11.3. The van der Waals surface area contributed by atoms with E-state index < -0.39 is 0 Å². The van der Waals surface area contributed by atoms with Gasteiger partial charge in [-0.3, -0.25) is 4.79 Å². The lowest BCUT2D eigenvalue weighted by Gasteiger charge is -1.98. The minimum absolute atomic E-state index is 0.0316. The van der Waals surface area contributed by atoms with Crippen molar-refractivity contribution in [1.82, 2.24) is 0 Å². The molecule has 68 valence electrons. The van der Waals surface area contributed by atoms with Gasteiger partial charge in [0.15, 0.2) is 5.78 Å². The van der Waals surface area contributed by atoms with Gasteiger partial charge in [0.2, 0.25) is 0 Å². The van der Waals surface area contributed by atoms with Gasteiger partial charge in [0, 0.05) is 5.56 Å². The summed E-state index contributed by atoms with van der Waals surface area (Å²) in [6, 6.07) is 8.95. The zero-order valence-electron chi connectivity index (χ0n) is 7.40. The Morgan fingerprint density at radius 2 is 2.00 bits per heavy atom. The molecule has 0 atom stereocenters. The number of carbonyl (C=O) groups is 1. The molecule has 13 heavy (non-hydrogen) atoms. The fourth-order valence-corrected chi connectivity index (χ4v) is 0.994. The van der Waals surface area contributed by atoms with Crippen molar-refractivity contribution in [3.8, 4) is 0 Å². The number of carbonyl (C=O) groups excluding carboxylic acids is 1. The summed E-state index contributed by atoms with van der Waals surface area (Å²) in [6.45, 7) is 1.61. The fraction of sp³-hybridized carbons (Fsp3) is 0.200. The lowest BCUT2D eigenvalue weighted by molar-refractivity contribution is 0.0999. The first-order valence-corrected chi connectivity index (χ1v) is 4.00. The van der Waals surface area contributed by atoms with Crippen LogP contribution in [0.2, 0.25) is 0 Å². The summed E-state index contributed by atoms with van der Waals surface area (Å²) in [4.78, 5) is 11.4. The molecule has 0 fully saturated rings. The predicted molar refractivity (Wildman–Crippen MR) is 50.3 cm³/mol. The van der Waals surface area contributed by atoms with Crippen molar-refractivity contribution in [2.24, 2.45) is 5.16 Å². The number of oxime groups is 1. The van der Waals surface area contributed by atoms with Crippen LogP contribution in [0.3, 0.4) is 0 Å². The number of ketones is 1. The van der Waals surface area contributed by atoms with Crippen LogP contribution in [0.1, 0.15) is 23.7 Å². The van der Waals surface area contributed by atoms with Crippen molar-refractivity contribution in [1.29, 1.82) is 0 Å². The molecule has 1 rings (SSSR count). The van der Waals surface area contributed by atoms with E-state index in [2.05, 4.69) is 5.16 Å². The Hall–Kier alpha value is -1.64. The number of Topliss-reactive ketones (excluding diaryl/α,β-unsaturated/α-hetero) is 1. The van der Waals surface area contributed by atoms with E-state index in [1.54, 1.807) is 31.2 Å². The van der Waals surface area contributed by atoms with E-state index in [0.29, 0.717) is 11.3 Å². The zero-order valence-corrected chi connectivity index (χ0v) is 7.40. The van der Waals surface area contributed by atoms with Crippen LogP contribution in [0.15, 0.2) is 35.5 Å². The second-order valence-corrected chi connectivity index (χ2v) is 2.80. The Balaban J connectivity index is 2.70. The maximum atomic E-state index is 11.4. The Morgan fingerprint density at radius 1 is 1.38 bits per heavy atom. The first-order valence-electron chi connectivity index (χ1n) is 4.00. The van der Waals surface area contributed by atoms with Gasteiger partial charge in [0.1, 0.15) is 0 Å². The smallest absolute Gasteiger partial charge is 0.168 e. The quantitative estimate of drug-likeness (QED) is 0.332. The van der Waals surface area contributed by atoms with Crippen molar-refractivity contribution >= 4 is 11.5 Å². The van der Waals surface area contributed by atoms with Crippen LogP contribution >= 0.6 is 0 Å². The summed E-state index contributed by atoms with van der Waals surface area (Å²) < 4.78 is 0. The average Bonchev–Trinajstić information content (AvgIpc) is 2.19. The van der Waals surface area contributed by atoms with Crippen molar-refractivity contribution in [2.45, 2.75) is 13.3 Å². The van der Waals surface area contributed by atoms with E-state index in [1.807, 2.05) is 6.07 Å². The summed E-state index contributed by atoms with van der Waals surface area (Å²) in [7, 11) is 0. The van der Waals surface area contributed by atoms with Gasteiger partial charge in [-0.1, -0.05) is 35.5 Å². The molecular formula is C10H11NO2. The molecule has 0 radical (unpaired) electrons. The van der Waals surface area contributed by atoms with Gasteiger partial charge in [0.25, 0.3) is 0 Å². The second kappa shape index (κ2) is 4.40. The molecule has 1 N–H and O–H groups in total. The highest BCUT2D eigenvalue weighted by atomic mass is 16.4. The lowest BCUT2D eigenvalue weighted by atomic mass is 10.1. The molecule has 1 aromatic rings. The van der Waals surface area contributed by atoms with E-state index in [9.17, 15) is 4.79 Å². The molecule has 3 heteroatoms. The SMILES string of the molecule is C/C(CC(=O)c1ccccc1)=N\O. The Kier molecular flexibility index (Phi) is 3.20. The van der Waals surface area contributed by atoms with Crippen LogP contribution < -0.4 is 0 Å². The molecule has 0 aliphatic rings. The highest BCUT2D eigenvalue weighted by molar-refractivity contribution is 6.08. The summed E-state index contributed by atoms with van der Waals surface area (Å²) in [5.74, 6) is -0.0316. The van der Waals surface area contributed by atoms with E-state index in [4.69, 9.17) is 5.21 Å². The summed E-state index contributed by atoms with van der Waals surface area (Å²) in [6.07, 6.45) is 0.167. The fourth-order valence-electron chi connectivity index (χ4n) is 0.994. The van der Waals surface area contributed by atoms with Gasteiger partial charge >= 0.3 is 0 Å². The first kappa shape index (κ1) is 9.45. The molecule has 1 aromatic carbocycles. The topological polar surface area (TPSA) is 49.7 Å².